The summed E-state index contributed by atoms with van der Waals surface area (Å²) in [7, 11) is 0. The van der Waals surface area contributed by atoms with E-state index in [1.807, 2.05) is 0 Å². The molecule has 0 amide bonds. The quantitative estimate of drug-likeness (QED) is 0.789. The summed E-state index contributed by atoms with van der Waals surface area (Å²) in [4.78, 5) is 10.6. The van der Waals surface area contributed by atoms with Crippen LogP contribution >= 0.6 is 15.9 Å². The Morgan fingerprint density at radius 1 is 1.69 bits per heavy atom. The molecule has 0 saturated heterocycles. The van der Waals surface area contributed by atoms with E-state index < -0.39 is 23.6 Å². The Hall–Kier alpha value is -1.14. The first kappa shape index (κ1) is 12.9. The number of carbonyl (C=O) groups is 1. The van der Waals surface area contributed by atoms with Crippen molar-refractivity contribution in [3.05, 3.63) is 27.5 Å². The highest BCUT2D eigenvalue weighted by atomic mass is 79.9. The molecule has 0 radical (unpaired) electrons. The van der Waals surface area contributed by atoms with Gasteiger partial charge in [-0.15, -0.1) is 0 Å². The number of aliphatic carboxylic acids is 1. The first-order chi connectivity index (χ1) is 7.34. The second kappa shape index (κ2) is 4.80. The lowest BCUT2D eigenvalue weighted by Crippen LogP contribution is -2.32. The molecule has 1 aromatic rings. The number of hydrogen-bond acceptors (Lipinski definition) is 3. The molecule has 6 heteroatoms. The molecule has 0 aromatic heterocycles. The molecule has 0 spiro atoms. The van der Waals surface area contributed by atoms with Crippen molar-refractivity contribution in [2.45, 2.75) is 19.4 Å². The summed E-state index contributed by atoms with van der Waals surface area (Å²) in [5.41, 5.74) is 6.13. The summed E-state index contributed by atoms with van der Waals surface area (Å²) in [6.07, 6.45) is -0.122. The van der Waals surface area contributed by atoms with Crippen molar-refractivity contribution in [1.82, 2.24) is 0 Å². The predicted octanol–water partition coefficient (Wildman–Crippen LogP) is 1.56. The number of aromatic hydroxyl groups is 1. The number of phenols is 1. The van der Waals surface area contributed by atoms with Crippen molar-refractivity contribution in [2.75, 3.05) is 0 Å². The molecule has 1 atom stereocenters. The van der Waals surface area contributed by atoms with Crippen molar-refractivity contribution in [3.63, 3.8) is 0 Å². The first-order valence-electron chi connectivity index (χ1n) is 4.49. The van der Waals surface area contributed by atoms with Crippen molar-refractivity contribution in [3.8, 4) is 5.75 Å². The second-order valence-corrected chi connectivity index (χ2v) is 4.30. The van der Waals surface area contributed by atoms with Crippen molar-refractivity contribution in [2.24, 2.45) is 5.73 Å². The SMILES string of the molecule is Cc1c(Br)cc(F)c(O)c1CC(N)C(=O)O. The molecule has 0 aliphatic carbocycles. The standard InChI is InChI=1S/C10H11BrFNO3/c1-4-5(2-8(13)10(15)16)9(14)7(12)3-6(4)11/h3,8,14H,2,13H2,1H3,(H,15,16). The number of hydrogen-bond donors (Lipinski definition) is 3. The second-order valence-electron chi connectivity index (χ2n) is 3.44. The monoisotopic (exact) mass is 291 g/mol. The van der Waals surface area contributed by atoms with Gasteiger partial charge in [-0.2, -0.15) is 0 Å². The molecule has 0 saturated carbocycles. The van der Waals surface area contributed by atoms with E-state index in [0.717, 1.165) is 6.07 Å². The summed E-state index contributed by atoms with van der Waals surface area (Å²) in [5.74, 6) is -2.54. The maximum atomic E-state index is 13.2. The highest BCUT2D eigenvalue weighted by Gasteiger charge is 2.19. The fourth-order valence-corrected chi connectivity index (χ4v) is 1.75. The molecular formula is C10H11BrFNO3. The van der Waals surface area contributed by atoms with E-state index in [-0.39, 0.29) is 12.0 Å². The number of benzene rings is 1. The third-order valence-electron chi connectivity index (χ3n) is 2.32. The lowest BCUT2D eigenvalue weighted by atomic mass is 10.00. The lowest BCUT2D eigenvalue weighted by molar-refractivity contribution is -0.138. The fourth-order valence-electron chi connectivity index (χ4n) is 1.31. The lowest BCUT2D eigenvalue weighted by Gasteiger charge is -2.13. The molecule has 0 fully saturated rings. The number of halogens is 2. The van der Waals surface area contributed by atoms with Gasteiger partial charge in [-0.25, -0.2) is 4.39 Å². The van der Waals surface area contributed by atoms with Gasteiger partial charge in [0.2, 0.25) is 0 Å². The Morgan fingerprint density at radius 2 is 2.25 bits per heavy atom. The molecule has 1 rings (SSSR count). The molecule has 88 valence electrons. The van der Waals surface area contributed by atoms with Crippen LogP contribution in [0.1, 0.15) is 11.1 Å². The molecular weight excluding hydrogens is 281 g/mol. The first-order valence-corrected chi connectivity index (χ1v) is 5.28. The van der Waals surface area contributed by atoms with Crippen LogP contribution in [0, 0.1) is 12.7 Å². The number of nitrogens with two attached hydrogens (primary N) is 1. The van der Waals surface area contributed by atoms with Crippen LogP contribution in [0.3, 0.4) is 0 Å². The van der Waals surface area contributed by atoms with E-state index in [2.05, 4.69) is 15.9 Å². The minimum Gasteiger partial charge on any atom is -0.505 e. The zero-order valence-corrected chi connectivity index (χ0v) is 10.1. The van der Waals surface area contributed by atoms with Crippen LogP contribution in [0.4, 0.5) is 4.39 Å². The highest BCUT2D eigenvalue weighted by molar-refractivity contribution is 9.10. The van der Waals surface area contributed by atoms with Gasteiger partial charge in [-0.1, -0.05) is 15.9 Å². The molecule has 1 aromatic carbocycles. The summed E-state index contributed by atoms with van der Waals surface area (Å²) in [6.45, 7) is 1.65. The van der Waals surface area contributed by atoms with Gasteiger partial charge in [0.1, 0.15) is 6.04 Å². The molecule has 16 heavy (non-hydrogen) atoms. The third-order valence-corrected chi connectivity index (χ3v) is 3.14. The fraction of sp³-hybridized carbons (Fsp3) is 0.300. The van der Waals surface area contributed by atoms with E-state index in [0.29, 0.717) is 10.0 Å². The van der Waals surface area contributed by atoms with Crippen LogP contribution in [0.15, 0.2) is 10.5 Å². The van der Waals surface area contributed by atoms with Gasteiger partial charge < -0.3 is 15.9 Å². The van der Waals surface area contributed by atoms with Gasteiger partial charge in [0.25, 0.3) is 0 Å². The number of phenolic OH excluding ortho intramolecular Hbond substituents is 1. The average molecular weight is 292 g/mol. The van der Waals surface area contributed by atoms with E-state index in [1.54, 1.807) is 6.92 Å². The van der Waals surface area contributed by atoms with Crippen LogP contribution in [-0.2, 0) is 11.2 Å². The van der Waals surface area contributed by atoms with Crippen LogP contribution in [-0.4, -0.2) is 22.2 Å². The van der Waals surface area contributed by atoms with Crippen molar-refractivity contribution >= 4 is 21.9 Å². The molecule has 1 unspecified atom stereocenters. The molecule has 0 heterocycles. The summed E-state index contributed by atoms with van der Waals surface area (Å²) in [6, 6.07) is -0.0428. The molecule has 0 aliphatic rings. The van der Waals surface area contributed by atoms with Crippen LogP contribution in [0.25, 0.3) is 0 Å². The van der Waals surface area contributed by atoms with E-state index >= 15 is 0 Å². The summed E-state index contributed by atoms with van der Waals surface area (Å²) in [5, 5.41) is 18.1. The van der Waals surface area contributed by atoms with Gasteiger partial charge >= 0.3 is 5.97 Å². The topological polar surface area (TPSA) is 83.5 Å². The third kappa shape index (κ3) is 2.51. The summed E-state index contributed by atoms with van der Waals surface area (Å²) >= 11 is 3.12. The molecule has 4 N–H and O–H groups in total. The molecule has 4 nitrogen and oxygen atoms in total. The van der Waals surface area contributed by atoms with Gasteiger partial charge in [0, 0.05) is 16.5 Å². The Bertz CT molecular complexity index is 410. The smallest absolute Gasteiger partial charge is 0.320 e. The van der Waals surface area contributed by atoms with Gasteiger partial charge in [-0.3, -0.25) is 4.79 Å². The molecule has 0 aliphatic heterocycles. The number of carboxylic acid groups (broad SMARTS) is 1. The van der Waals surface area contributed by atoms with Crippen LogP contribution < -0.4 is 5.73 Å². The normalized spacial score (nSPS) is 12.5. The number of carboxylic acids is 1. The highest BCUT2D eigenvalue weighted by Crippen LogP contribution is 2.31. The van der Waals surface area contributed by atoms with Crippen LogP contribution in [0.5, 0.6) is 5.75 Å². The minimum atomic E-state index is -1.20. The number of rotatable bonds is 3. The minimum absolute atomic E-state index is 0.122. The largest absolute Gasteiger partial charge is 0.505 e. The van der Waals surface area contributed by atoms with Crippen LogP contribution in [0.2, 0.25) is 0 Å². The summed E-state index contributed by atoms with van der Waals surface area (Å²) < 4.78 is 13.7. The van der Waals surface area contributed by atoms with Crippen molar-refractivity contribution < 1.29 is 19.4 Å². The van der Waals surface area contributed by atoms with Gasteiger partial charge in [0.05, 0.1) is 0 Å². The average Bonchev–Trinajstić information content (AvgIpc) is 2.21. The van der Waals surface area contributed by atoms with E-state index in [4.69, 9.17) is 10.8 Å². The maximum absolute atomic E-state index is 13.2. The van der Waals surface area contributed by atoms with Gasteiger partial charge in [-0.05, 0) is 18.6 Å². The predicted molar refractivity (Wildman–Crippen MR) is 59.8 cm³/mol. The van der Waals surface area contributed by atoms with Crippen molar-refractivity contribution in [1.29, 1.82) is 0 Å². The maximum Gasteiger partial charge on any atom is 0.320 e. The Balaban J connectivity index is 3.17. The zero-order chi connectivity index (χ0) is 12.5. The Morgan fingerprint density at radius 3 is 2.75 bits per heavy atom. The Labute approximate surface area is 100 Å². The molecule has 0 bridgehead atoms. The van der Waals surface area contributed by atoms with E-state index in [1.165, 1.54) is 0 Å². The van der Waals surface area contributed by atoms with E-state index in [9.17, 15) is 14.3 Å². The Kier molecular flexibility index (Phi) is 3.88. The zero-order valence-electron chi connectivity index (χ0n) is 8.50. The van der Waals surface area contributed by atoms with Gasteiger partial charge in [0.15, 0.2) is 11.6 Å².